The predicted molar refractivity (Wildman–Crippen MR) is 106 cm³/mol. The van der Waals surface area contributed by atoms with E-state index in [2.05, 4.69) is 26.8 Å². The zero-order valence-corrected chi connectivity index (χ0v) is 16.1. The summed E-state index contributed by atoms with van der Waals surface area (Å²) in [5.41, 5.74) is 0.960. The van der Waals surface area contributed by atoms with Gasteiger partial charge in [0.25, 0.3) is 5.69 Å². The van der Waals surface area contributed by atoms with Gasteiger partial charge in [-0.05, 0) is 25.5 Å². The summed E-state index contributed by atoms with van der Waals surface area (Å²) in [6.07, 6.45) is 3.91. The summed E-state index contributed by atoms with van der Waals surface area (Å²) in [6, 6.07) is 9.23. The van der Waals surface area contributed by atoms with Gasteiger partial charge in [-0.1, -0.05) is 18.2 Å². The third-order valence-corrected chi connectivity index (χ3v) is 5.00. The number of nitro groups is 1. The molecule has 1 unspecified atom stereocenters. The number of rotatable bonds is 6. The Bertz CT molecular complexity index is 797. The topological polar surface area (TPSA) is 78.6 Å². The first-order chi connectivity index (χ1) is 13.0. The lowest BCUT2D eigenvalue weighted by molar-refractivity contribution is -0.385. The van der Waals surface area contributed by atoms with Gasteiger partial charge in [0.05, 0.1) is 4.92 Å². The second-order valence-electron chi connectivity index (χ2n) is 7.14. The van der Waals surface area contributed by atoms with Crippen LogP contribution in [0, 0.1) is 10.1 Å². The molecule has 1 aromatic heterocycles. The van der Waals surface area contributed by atoms with Crippen molar-refractivity contribution in [3.8, 4) is 0 Å². The molecule has 0 radical (unpaired) electrons. The number of anilines is 2. The molecular weight excluding hydrogens is 344 g/mol. The SMILES string of the molecule is CN(C)c1nccc(N(C)C2CCCN(Cc3ccccc3[N+](=O)[O-])C2)n1. The molecular formula is C19H26N6O2. The van der Waals surface area contributed by atoms with Crippen LogP contribution in [0.4, 0.5) is 17.5 Å². The van der Waals surface area contributed by atoms with Gasteiger partial charge in [-0.3, -0.25) is 15.0 Å². The summed E-state index contributed by atoms with van der Waals surface area (Å²) in [4.78, 5) is 26.2. The van der Waals surface area contributed by atoms with Crippen LogP contribution in [0.5, 0.6) is 0 Å². The first-order valence-electron chi connectivity index (χ1n) is 9.13. The lowest BCUT2D eigenvalue weighted by atomic mass is 10.0. The molecule has 1 saturated heterocycles. The number of piperidine rings is 1. The van der Waals surface area contributed by atoms with Crippen LogP contribution in [0.15, 0.2) is 36.5 Å². The Balaban J connectivity index is 1.71. The van der Waals surface area contributed by atoms with E-state index in [0.717, 1.165) is 37.3 Å². The van der Waals surface area contributed by atoms with Crippen molar-refractivity contribution in [3.05, 3.63) is 52.2 Å². The molecule has 0 aliphatic carbocycles. The Kier molecular flexibility index (Phi) is 5.85. The molecule has 1 aliphatic rings. The van der Waals surface area contributed by atoms with Crippen molar-refractivity contribution in [3.63, 3.8) is 0 Å². The van der Waals surface area contributed by atoms with Gasteiger partial charge < -0.3 is 9.80 Å². The molecule has 0 amide bonds. The highest BCUT2D eigenvalue weighted by Gasteiger charge is 2.26. The number of aromatic nitrogens is 2. The molecule has 1 aromatic carbocycles. The fraction of sp³-hybridized carbons (Fsp3) is 0.474. The van der Waals surface area contributed by atoms with Crippen LogP contribution in [0.1, 0.15) is 18.4 Å². The molecule has 1 atom stereocenters. The molecule has 27 heavy (non-hydrogen) atoms. The summed E-state index contributed by atoms with van der Waals surface area (Å²) in [7, 11) is 5.91. The third-order valence-electron chi connectivity index (χ3n) is 5.00. The van der Waals surface area contributed by atoms with Gasteiger partial charge in [0.1, 0.15) is 5.82 Å². The molecule has 0 N–H and O–H groups in total. The molecule has 0 bridgehead atoms. The zero-order valence-electron chi connectivity index (χ0n) is 16.1. The van der Waals surface area contributed by atoms with Crippen molar-refractivity contribution in [1.29, 1.82) is 0 Å². The highest BCUT2D eigenvalue weighted by Crippen LogP contribution is 2.24. The van der Waals surface area contributed by atoms with E-state index in [1.165, 1.54) is 0 Å². The summed E-state index contributed by atoms with van der Waals surface area (Å²) < 4.78 is 0. The van der Waals surface area contributed by atoms with Crippen LogP contribution < -0.4 is 9.80 Å². The Morgan fingerprint density at radius 2 is 2.04 bits per heavy atom. The summed E-state index contributed by atoms with van der Waals surface area (Å²) >= 11 is 0. The Labute approximate surface area is 159 Å². The summed E-state index contributed by atoms with van der Waals surface area (Å²) in [6.45, 7) is 2.39. The number of hydrogen-bond acceptors (Lipinski definition) is 7. The smallest absolute Gasteiger partial charge is 0.273 e. The Morgan fingerprint density at radius 1 is 1.26 bits per heavy atom. The van der Waals surface area contributed by atoms with Crippen LogP contribution in [-0.2, 0) is 6.54 Å². The molecule has 2 heterocycles. The number of hydrogen-bond donors (Lipinski definition) is 0. The molecule has 1 fully saturated rings. The molecule has 2 aromatic rings. The first-order valence-corrected chi connectivity index (χ1v) is 9.13. The van der Waals surface area contributed by atoms with Crippen molar-refractivity contribution in [2.24, 2.45) is 0 Å². The van der Waals surface area contributed by atoms with Gasteiger partial charge in [-0.25, -0.2) is 4.98 Å². The normalized spacial score (nSPS) is 17.5. The lowest BCUT2D eigenvalue weighted by Crippen LogP contribution is -2.46. The first kappa shape index (κ1) is 19.0. The largest absolute Gasteiger partial charge is 0.355 e. The third kappa shape index (κ3) is 4.51. The van der Waals surface area contributed by atoms with Crippen molar-refractivity contribution in [2.45, 2.75) is 25.4 Å². The number of nitrogens with zero attached hydrogens (tertiary/aromatic N) is 6. The van der Waals surface area contributed by atoms with Gasteiger partial charge in [0, 0.05) is 58.1 Å². The Morgan fingerprint density at radius 3 is 2.78 bits per heavy atom. The molecule has 144 valence electrons. The van der Waals surface area contributed by atoms with Gasteiger partial charge in [-0.2, -0.15) is 4.98 Å². The van der Waals surface area contributed by atoms with Crippen LogP contribution >= 0.6 is 0 Å². The van der Waals surface area contributed by atoms with Crippen LogP contribution in [-0.4, -0.2) is 60.1 Å². The van der Waals surface area contributed by atoms with Crippen LogP contribution in [0.3, 0.4) is 0 Å². The van der Waals surface area contributed by atoms with Crippen molar-refractivity contribution in [2.75, 3.05) is 44.0 Å². The van der Waals surface area contributed by atoms with E-state index in [4.69, 9.17) is 0 Å². The minimum atomic E-state index is -0.299. The number of likely N-dealkylation sites (tertiary alicyclic amines) is 1. The Hall–Kier alpha value is -2.74. The van der Waals surface area contributed by atoms with E-state index >= 15 is 0 Å². The van der Waals surface area contributed by atoms with Crippen molar-refractivity contribution >= 4 is 17.5 Å². The van der Waals surface area contributed by atoms with Crippen LogP contribution in [0.2, 0.25) is 0 Å². The molecule has 0 saturated carbocycles. The minimum Gasteiger partial charge on any atom is -0.355 e. The predicted octanol–water partition coefficient (Wildman–Crippen LogP) is 2.55. The second-order valence-corrected chi connectivity index (χ2v) is 7.14. The number of para-hydroxylation sites is 1. The zero-order chi connectivity index (χ0) is 19.4. The number of benzene rings is 1. The van der Waals surface area contributed by atoms with Crippen LogP contribution in [0.25, 0.3) is 0 Å². The average Bonchev–Trinajstić information content (AvgIpc) is 2.68. The standard InChI is InChI=1S/C19H26N6O2/c1-22(2)19-20-11-10-18(21-19)23(3)16-8-6-12-24(14-16)13-15-7-4-5-9-17(15)25(26)27/h4-5,7,9-11,16H,6,8,12-14H2,1-3H3. The van der Waals surface area contributed by atoms with Crippen molar-refractivity contribution in [1.82, 2.24) is 14.9 Å². The van der Waals surface area contributed by atoms with Gasteiger partial charge >= 0.3 is 0 Å². The van der Waals surface area contributed by atoms with E-state index in [-0.39, 0.29) is 10.6 Å². The quantitative estimate of drug-likeness (QED) is 0.571. The van der Waals surface area contributed by atoms with E-state index in [1.54, 1.807) is 18.3 Å². The minimum absolute atomic E-state index is 0.194. The fourth-order valence-corrected chi connectivity index (χ4v) is 3.49. The van der Waals surface area contributed by atoms with E-state index < -0.39 is 0 Å². The van der Waals surface area contributed by atoms with E-state index in [1.807, 2.05) is 37.2 Å². The van der Waals surface area contributed by atoms with Crippen molar-refractivity contribution < 1.29 is 4.92 Å². The average molecular weight is 370 g/mol. The van der Waals surface area contributed by atoms with Gasteiger partial charge in [-0.15, -0.1) is 0 Å². The molecule has 8 heteroatoms. The number of nitro benzene ring substituents is 1. The monoisotopic (exact) mass is 370 g/mol. The second kappa shape index (κ2) is 8.30. The van der Waals surface area contributed by atoms with E-state index in [0.29, 0.717) is 18.5 Å². The maximum atomic E-state index is 11.3. The van der Waals surface area contributed by atoms with Gasteiger partial charge in [0.15, 0.2) is 0 Å². The highest BCUT2D eigenvalue weighted by molar-refractivity contribution is 5.44. The maximum Gasteiger partial charge on any atom is 0.273 e. The molecule has 1 aliphatic heterocycles. The fourth-order valence-electron chi connectivity index (χ4n) is 3.49. The highest BCUT2D eigenvalue weighted by atomic mass is 16.6. The summed E-state index contributed by atoms with van der Waals surface area (Å²) in [5.74, 6) is 1.58. The van der Waals surface area contributed by atoms with Gasteiger partial charge in [0.2, 0.25) is 5.95 Å². The molecule has 0 spiro atoms. The number of likely N-dealkylation sites (N-methyl/N-ethyl adjacent to an activating group) is 1. The molecule has 3 rings (SSSR count). The summed E-state index contributed by atoms with van der Waals surface area (Å²) in [5, 5.41) is 11.3. The lowest BCUT2D eigenvalue weighted by Gasteiger charge is -2.38. The maximum absolute atomic E-state index is 11.3. The molecule has 8 nitrogen and oxygen atoms in total. The van der Waals surface area contributed by atoms with E-state index in [9.17, 15) is 10.1 Å².